The van der Waals surface area contributed by atoms with E-state index in [0.717, 1.165) is 60.0 Å². The minimum Gasteiger partial charge on any atom is -0.378 e. The Morgan fingerprint density at radius 3 is 2.45 bits per heavy atom. The number of nitrogens with zero attached hydrogens (tertiary/aromatic N) is 4. The van der Waals surface area contributed by atoms with Crippen molar-refractivity contribution in [1.82, 2.24) is 15.0 Å². The van der Waals surface area contributed by atoms with Crippen LogP contribution in [0.1, 0.15) is 0 Å². The normalized spacial score (nSPS) is 14.1. The van der Waals surface area contributed by atoms with Crippen LogP contribution in [-0.4, -0.2) is 41.3 Å². The molecule has 29 heavy (non-hydrogen) atoms. The molecule has 0 unspecified atom stereocenters. The first-order valence-electron chi connectivity index (χ1n) is 9.73. The summed E-state index contributed by atoms with van der Waals surface area (Å²) < 4.78 is 5.43. The Morgan fingerprint density at radius 2 is 1.66 bits per heavy atom. The summed E-state index contributed by atoms with van der Waals surface area (Å²) >= 11 is 0. The minimum atomic E-state index is 0.764. The third-order valence-electron chi connectivity index (χ3n) is 5.05. The average Bonchev–Trinajstić information content (AvgIpc) is 2.81. The van der Waals surface area contributed by atoms with E-state index in [-0.39, 0.29) is 0 Å². The number of pyridine rings is 1. The van der Waals surface area contributed by atoms with Gasteiger partial charge in [0.1, 0.15) is 11.0 Å². The zero-order valence-corrected chi connectivity index (χ0v) is 16.0. The van der Waals surface area contributed by atoms with Gasteiger partial charge in [0.05, 0.1) is 43.2 Å². The molecule has 2 aromatic heterocycles. The maximum atomic E-state index is 5.43. The minimum absolute atomic E-state index is 0.764. The average molecular weight is 383 g/mol. The molecule has 144 valence electrons. The maximum absolute atomic E-state index is 5.43. The van der Waals surface area contributed by atoms with Crippen molar-refractivity contribution < 1.29 is 4.74 Å². The van der Waals surface area contributed by atoms with Gasteiger partial charge in [0.2, 0.25) is 0 Å². The highest BCUT2D eigenvalue weighted by atomic mass is 16.5. The molecular weight excluding hydrogens is 362 g/mol. The van der Waals surface area contributed by atoms with E-state index in [4.69, 9.17) is 9.72 Å². The molecule has 0 aliphatic carbocycles. The molecule has 4 aromatic rings. The van der Waals surface area contributed by atoms with Crippen LogP contribution in [0.5, 0.6) is 0 Å². The fourth-order valence-electron chi connectivity index (χ4n) is 3.51. The van der Waals surface area contributed by atoms with Gasteiger partial charge in [-0.05, 0) is 24.3 Å². The molecule has 1 saturated heterocycles. The molecule has 6 heteroatoms. The summed E-state index contributed by atoms with van der Waals surface area (Å²) in [5.74, 6) is 0. The number of rotatable bonds is 4. The third-order valence-corrected chi connectivity index (χ3v) is 5.05. The van der Waals surface area contributed by atoms with Gasteiger partial charge in [-0.2, -0.15) is 0 Å². The van der Waals surface area contributed by atoms with Gasteiger partial charge in [-0.15, -0.1) is 0 Å². The van der Waals surface area contributed by atoms with E-state index in [1.165, 1.54) is 5.69 Å². The zero-order valence-electron chi connectivity index (χ0n) is 16.0. The van der Waals surface area contributed by atoms with Crippen molar-refractivity contribution in [3.05, 3.63) is 73.2 Å². The van der Waals surface area contributed by atoms with E-state index >= 15 is 0 Å². The van der Waals surface area contributed by atoms with E-state index in [2.05, 4.69) is 44.5 Å². The highest BCUT2D eigenvalue weighted by Gasteiger charge is 2.12. The van der Waals surface area contributed by atoms with Crippen LogP contribution in [0.4, 0.5) is 17.1 Å². The van der Waals surface area contributed by atoms with Gasteiger partial charge in [-0.1, -0.05) is 30.3 Å². The van der Waals surface area contributed by atoms with Crippen molar-refractivity contribution in [2.75, 3.05) is 36.5 Å². The molecule has 5 rings (SSSR count). The first-order valence-corrected chi connectivity index (χ1v) is 9.73. The second-order valence-corrected chi connectivity index (χ2v) is 6.95. The second-order valence-electron chi connectivity index (χ2n) is 6.95. The quantitative estimate of drug-likeness (QED) is 0.568. The predicted molar refractivity (Wildman–Crippen MR) is 116 cm³/mol. The molecule has 0 saturated carbocycles. The first kappa shape index (κ1) is 17.6. The van der Waals surface area contributed by atoms with Crippen LogP contribution < -0.4 is 10.2 Å². The summed E-state index contributed by atoms with van der Waals surface area (Å²) in [5.41, 5.74) is 6.49. The van der Waals surface area contributed by atoms with E-state index in [1.54, 1.807) is 18.6 Å². The SMILES string of the molecule is c1ccc(-c2cnc3cncc(Nc4ccc(N5CCOCC5)cc4)c3n2)cc1. The summed E-state index contributed by atoms with van der Waals surface area (Å²) in [6, 6.07) is 18.5. The van der Waals surface area contributed by atoms with E-state index in [1.807, 2.05) is 30.3 Å². The van der Waals surface area contributed by atoms with Crippen molar-refractivity contribution in [3.63, 3.8) is 0 Å². The topological polar surface area (TPSA) is 63.2 Å². The predicted octanol–water partition coefficient (Wildman–Crippen LogP) is 4.27. The number of nitrogens with one attached hydrogen (secondary N) is 1. The number of anilines is 3. The van der Waals surface area contributed by atoms with Crippen molar-refractivity contribution in [2.24, 2.45) is 0 Å². The molecule has 1 N–H and O–H groups in total. The lowest BCUT2D eigenvalue weighted by Gasteiger charge is -2.28. The monoisotopic (exact) mass is 383 g/mol. The van der Waals surface area contributed by atoms with Crippen LogP contribution in [0, 0.1) is 0 Å². The largest absolute Gasteiger partial charge is 0.378 e. The highest BCUT2D eigenvalue weighted by molar-refractivity contribution is 5.90. The Morgan fingerprint density at radius 1 is 0.862 bits per heavy atom. The zero-order chi connectivity index (χ0) is 19.5. The summed E-state index contributed by atoms with van der Waals surface area (Å²) in [7, 11) is 0. The Hall–Kier alpha value is -3.51. The van der Waals surface area contributed by atoms with Crippen molar-refractivity contribution >= 4 is 28.1 Å². The molecule has 1 fully saturated rings. The molecule has 1 aliphatic heterocycles. The molecule has 2 aromatic carbocycles. The van der Waals surface area contributed by atoms with Crippen LogP contribution in [0.25, 0.3) is 22.3 Å². The molecule has 0 spiro atoms. The number of morpholine rings is 1. The Bertz CT molecular complexity index is 1110. The van der Waals surface area contributed by atoms with Crippen molar-refractivity contribution in [3.8, 4) is 11.3 Å². The van der Waals surface area contributed by atoms with Crippen molar-refractivity contribution in [1.29, 1.82) is 0 Å². The summed E-state index contributed by atoms with van der Waals surface area (Å²) in [6.45, 7) is 3.42. The molecule has 3 heterocycles. The van der Waals surface area contributed by atoms with Gasteiger partial charge in [0.15, 0.2) is 0 Å². The van der Waals surface area contributed by atoms with Crippen LogP contribution >= 0.6 is 0 Å². The number of aromatic nitrogens is 3. The summed E-state index contributed by atoms with van der Waals surface area (Å²) in [5, 5.41) is 3.45. The number of hydrogen-bond acceptors (Lipinski definition) is 6. The molecule has 0 amide bonds. The number of ether oxygens (including phenoxy) is 1. The fraction of sp³-hybridized carbons (Fsp3) is 0.174. The lowest BCUT2D eigenvalue weighted by atomic mass is 10.1. The molecule has 0 atom stereocenters. The van der Waals surface area contributed by atoms with Crippen molar-refractivity contribution in [2.45, 2.75) is 0 Å². The Balaban J connectivity index is 1.44. The van der Waals surface area contributed by atoms with E-state index in [9.17, 15) is 0 Å². The smallest absolute Gasteiger partial charge is 0.116 e. The van der Waals surface area contributed by atoms with Gasteiger partial charge >= 0.3 is 0 Å². The van der Waals surface area contributed by atoms with Gasteiger partial charge in [0, 0.05) is 30.0 Å². The van der Waals surface area contributed by atoms with Gasteiger partial charge in [-0.3, -0.25) is 9.97 Å². The number of hydrogen-bond donors (Lipinski definition) is 1. The van der Waals surface area contributed by atoms with Crippen LogP contribution in [0.3, 0.4) is 0 Å². The standard InChI is InChI=1S/C23H21N5O/c1-2-4-17(5-3-1)20-16-25-21-14-24-15-22(23(21)27-20)26-18-6-8-19(9-7-18)28-10-12-29-13-11-28/h1-9,14-16,26H,10-13H2. The molecule has 0 bridgehead atoms. The van der Waals surface area contributed by atoms with Crippen LogP contribution in [0.2, 0.25) is 0 Å². The number of fused-ring (bicyclic) bond motifs is 1. The Kier molecular flexibility index (Phi) is 4.76. The second kappa shape index (κ2) is 7.85. The first-order chi connectivity index (χ1) is 14.4. The van der Waals surface area contributed by atoms with Gasteiger partial charge < -0.3 is 15.0 Å². The van der Waals surface area contributed by atoms with E-state index < -0.39 is 0 Å². The van der Waals surface area contributed by atoms with Crippen LogP contribution in [-0.2, 0) is 4.74 Å². The van der Waals surface area contributed by atoms with Gasteiger partial charge in [-0.25, -0.2) is 4.98 Å². The fourth-order valence-corrected chi connectivity index (χ4v) is 3.51. The highest BCUT2D eigenvalue weighted by Crippen LogP contribution is 2.27. The molecule has 6 nitrogen and oxygen atoms in total. The van der Waals surface area contributed by atoms with Crippen LogP contribution in [0.15, 0.2) is 73.2 Å². The maximum Gasteiger partial charge on any atom is 0.116 e. The molecular formula is C23H21N5O. The molecule has 1 aliphatic rings. The summed E-state index contributed by atoms with van der Waals surface area (Å²) in [4.78, 5) is 16.0. The Labute approximate surface area is 169 Å². The lowest BCUT2D eigenvalue weighted by Crippen LogP contribution is -2.36. The lowest BCUT2D eigenvalue weighted by molar-refractivity contribution is 0.122. The summed E-state index contributed by atoms with van der Waals surface area (Å²) in [6.07, 6.45) is 5.33. The van der Waals surface area contributed by atoms with E-state index in [0.29, 0.717) is 0 Å². The third kappa shape index (κ3) is 3.75. The van der Waals surface area contributed by atoms with Gasteiger partial charge in [0.25, 0.3) is 0 Å². The molecule has 0 radical (unpaired) electrons. The number of benzene rings is 2.